The predicted molar refractivity (Wildman–Crippen MR) is 47.8 cm³/mol. The third kappa shape index (κ3) is 4.19. The minimum absolute atomic E-state index is 0.0799. The van der Waals surface area contributed by atoms with Crippen molar-refractivity contribution < 1.29 is 22.6 Å². The average Bonchev–Trinajstić information content (AvgIpc) is 1.99. The number of nitrogens with two attached hydrogens (primary N) is 1. The third-order valence-electron chi connectivity index (χ3n) is 1.46. The number of nitrogens with one attached hydrogen (secondary N) is 1. The van der Waals surface area contributed by atoms with Crippen LogP contribution in [0.2, 0.25) is 0 Å². The molecule has 14 heavy (non-hydrogen) atoms. The van der Waals surface area contributed by atoms with Crippen LogP contribution in [0, 0.1) is 0 Å². The molecule has 0 aromatic carbocycles. The summed E-state index contributed by atoms with van der Waals surface area (Å²) in [7, 11) is -4.43. The molecular weight excluding hydrogens is 212 g/mol. The van der Waals surface area contributed by atoms with Crippen LogP contribution in [-0.2, 0) is 19.7 Å². The second kappa shape index (κ2) is 4.91. The van der Waals surface area contributed by atoms with E-state index in [9.17, 15) is 18.0 Å². The first-order chi connectivity index (χ1) is 6.29. The molecule has 0 aromatic rings. The normalized spacial score (nSPS) is 13.3. The molecule has 1 atom stereocenters. The van der Waals surface area contributed by atoms with Gasteiger partial charge >= 0.3 is 0 Å². The Kier molecular flexibility index (Phi) is 4.51. The van der Waals surface area contributed by atoms with Crippen molar-refractivity contribution in [2.45, 2.75) is 18.6 Å². The number of rotatable bonds is 5. The van der Waals surface area contributed by atoms with Gasteiger partial charge in [-0.3, -0.25) is 14.1 Å². The van der Waals surface area contributed by atoms with Crippen molar-refractivity contribution in [1.82, 2.24) is 5.32 Å². The second-order valence-electron chi connectivity index (χ2n) is 2.60. The van der Waals surface area contributed by atoms with Crippen LogP contribution in [0.1, 0.15) is 13.3 Å². The first-order valence-corrected chi connectivity index (χ1v) is 5.31. The summed E-state index contributed by atoms with van der Waals surface area (Å²) >= 11 is 0. The molecule has 0 aromatic heterocycles. The number of amides is 2. The van der Waals surface area contributed by atoms with Crippen molar-refractivity contribution in [2.24, 2.45) is 5.73 Å². The van der Waals surface area contributed by atoms with Gasteiger partial charge in [0.05, 0.1) is 6.54 Å². The van der Waals surface area contributed by atoms with Crippen LogP contribution in [0.5, 0.6) is 0 Å². The maximum absolute atomic E-state index is 11.1. The van der Waals surface area contributed by atoms with E-state index in [2.05, 4.69) is 0 Å². The molecule has 4 N–H and O–H groups in total. The summed E-state index contributed by atoms with van der Waals surface area (Å²) in [4.78, 5) is 21.3. The van der Waals surface area contributed by atoms with Gasteiger partial charge in [-0.1, -0.05) is 6.92 Å². The Morgan fingerprint density at radius 1 is 1.50 bits per heavy atom. The molecule has 0 aliphatic heterocycles. The van der Waals surface area contributed by atoms with Gasteiger partial charge in [0.2, 0.25) is 11.8 Å². The first-order valence-electron chi connectivity index (χ1n) is 3.81. The van der Waals surface area contributed by atoms with Gasteiger partial charge < -0.3 is 11.1 Å². The van der Waals surface area contributed by atoms with E-state index in [0.29, 0.717) is 0 Å². The molecule has 8 heteroatoms. The summed E-state index contributed by atoms with van der Waals surface area (Å²) in [5, 5.41) is 0.433. The summed E-state index contributed by atoms with van der Waals surface area (Å²) in [6.07, 6.45) is -0.0799. The highest BCUT2D eigenvalue weighted by Crippen LogP contribution is 2.03. The lowest BCUT2D eigenvalue weighted by Crippen LogP contribution is -2.42. The van der Waals surface area contributed by atoms with Crippen LogP contribution in [-0.4, -0.2) is 36.6 Å². The molecule has 0 saturated heterocycles. The monoisotopic (exact) mass is 224 g/mol. The molecule has 7 nitrogen and oxygen atoms in total. The quantitative estimate of drug-likeness (QED) is 0.477. The molecule has 0 saturated carbocycles. The third-order valence-corrected chi connectivity index (χ3v) is 2.73. The summed E-state index contributed by atoms with van der Waals surface area (Å²) in [6, 6.07) is 0. The first kappa shape index (κ1) is 12.8. The SMILES string of the molecule is CCC(C(=O)NCC(N)=O)S(=O)(=O)O. The molecule has 82 valence electrons. The van der Waals surface area contributed by atoms with E-state index < -0.39 is 33.7 Å². The molecule has 2 amide bonds. The molecule has 0 heterocycles. The van der Waals surface area contributed by atoms with Crippen molar-refractivity contribution in [1.29, 1.82) is 0 Å². The van der Waals surface area contributed by atoms with E-state index in [1.54, 1.807) is 0 Å². The van der Waals surface area contributed by atoms with E-state index in [-0.39, 0.29) is 6.42 Å². The molecule has 0 spiro atoms. The Labute approximate surface area is 81.4 Å². The average molecular weight is 224 g/mol. The number of hydrogen-bond donors (Lipinski definition) is 3. The zero-order valence-electron chi connectivity index (χ0n) is 7.56. The number of carbonyl (C=O) groups is 2. The molecule has 0 aliphatic rings. The summed E-state index contributed by atoms with van der Waals surface area (Å²) < 4.78 is 29.9. The van der Waals surface area contributed by atoms with Gasteiger partial charge in [-0.15, -0.1) is 0 Å². The molecule has 0 aliphatic carbocycles. The highest BCUT2D eigenvalue weighted by atomic mass is 32.2. The Morgan fingerprint density at radius 2 is 2.00 bits per heavy atom. The van der Waals surface area contributed by atoms with E-state index in [1.807, 2.05) is 5.32 Å². The standard InChI is InChI=1S/C6H12N2O5S/c1-2-4(14(11,12)13)6(10)8-3-5(7)9/h4H,2-3H2,1H3,(H2,7,9)(H,8,10)(H,11,12,13). The zero-order valence-corrected chi connectivity index (χ0v) is 8.37. The van der Waals surface area contributed by atoms with Gasteiger partial charge in [-0.25, -0.2) is 0 Å². The van der Waals surface area contributed by atoms with Crippen LogP contribution in [0.4, 0.5) is 0 Å². The molecule has 0 rings (SSSR count). The van der Waals surface area contributed by atoms with Gasteiger partial charge in [0.15, 0.2) is 5.25 Å². The lowest BCUT2D eigenvalue weighted by molar-refractivity contribution is -0.124. The van der Waals surface area contributed by atoms with Crippen LogP contribution >= 0.6 is 0 Å². The number of carbonyl (C=O) groups excluding carboxylic acids is 2. The lowest BCUT2D eigenvalue weighted by Gasteiger charge is -2.10. The van der Waals surface area contributed by atoms with Crippen molar-refractivity contribution >= 4 is 21.9 Å². The minimum atomic E-state index is -4.43. The van der Waals surface area contributed by atoms with Crippen molar-refractivity contribution in [3.05, 3.63) is 0 Å². The Bertz CT molecular complexity index is 323. The summed E-state index contributed by atoms with van der Waals surface area (Å²) in [6.45, 7) is 0.965. The van der Waals surface area contributed by atoms with Gasteiger partial charge in [0.25, 0.3) is 10.1 Å². The maximum atomic E-state index is 11.1. The summed E-state index contributed by atoms with van der Waals surface area (Å²) in [5.74, 6) is -1.72. The van der Waals surface area contributed by atoms with Gasteiger partial charge in [0.1, 0.15) is 0 Å². The maximum Gasteiger partial charge on any atom is 0.276 e. The Balaban J connectivity index is 4.42. The van der Waals surface area contributed by atoms with Crippen molar-refractivity contribution in [3.63, 3.8) is 0 Å². The molecule has 1 unspecified atom stereocenters. The topological polar surface area (TPSA) is 127 Å². The van der Waals surface area contributed by atoms with Gasteiger partial charge in [0, 0.05) is 0 Å². The lowest BCUT2D eigenvalue weighted by atomic mass is 10.3. The van der Waals surface area contributed by atoms with Crippen LogP contribution in [0.25, 0.3) is 0 Å². The van der Waals surface area contributed by atoms with Gasteiger partial charge in [-0.2, -0.15) is 8.42 Å². The predicted octanol–water partition coefficient (Wildman–Crippen LogP) is -1.75. The zero-order chi connectivity index (χ0) is 11.4. The number of hydrogen-bond acceptors (Lipinski definition) is 4. The van der Waals surface area contributed by atoms with Crippen LogP contribution < -0.4 is 11.1 Å². The van der Waals surface area contributed by atoms with E-state index in [0.717, 1.165) is 0 Å². The fourth-order valence-corrected chi connectivity index (χ4v) is 1.59. The molecular formula is C6H12N2O5S. The molecule has 0 fully saturated rings. The highest BCUT2D eigenvalue weighted by Gasteiger charge is 2.28. The van der Waals surface area contributed by atoms with E-state index >= 15 is 0 Å². The Hall–Kier alpha value is -1.15. The molecule has 0 bridgehead atoms. The molecule has 0 radical (unpaired) electrons. The second-order valence-corrected chi connectivity index (χ2v) is 4.19. The van der Waals surface area contributed by atoms with Gasteiger partial charge in [-0.05, 0) is 6.42 Å². The van der Waals surface area contributed by atoms with Crippen LogP contribution in [0.3, 0.4) is 0 Å². The van der Waals surface area contributed by atoms with E-state index in [4.69, 9.17) is 10.3 Å². The fourth-order valence-electron chi connectivity index (χ4n) is 0.819. The smallest absolute Gasteiger partial charge is 0.276 e. The van der Waals surface area contributed by atoms with Crippen LogP contribution in [0.15, 0.2) is 0 Å². The van der Waals surface area contributed by atoms with E-state index in [1.165, 1.54) is 6.92 Å². The minimum Gasteiger partial charge on any atom is -0.368 e. The highest BCUT2D eigenvalue weighted by molar-refractivity contribution is 7.87. The number of primary amides is 1. The van der Waals surface area contributed by atoms with Crippen molar-refractivity contribution in [3.8, 4) is 0 Å². The summed E-state index contributed by atoms with van der Waals surface area (Å²) in [5.41, 5.74) is 4.73. The van der Waals surface area contributed by atoms with Crippen molar-refractivity contribution in [2.75, 3.05) is 6.54 Å². The largest absolute Gasteiger partial charge is 0.368 e. The Morgan fingerprint density at radius 3 is 2.29 bits per heavy atom. The fraction of sp³-hybridized carbons (Fsp3) is 0.667.